The number of rotatable bonds is 6. The average Bonchev–Trinajstić information content (AvgIpc) is 2.81. The molecule has 8 heteroatoms. The van der Waals surface area contributed by atoms with Gasteiger partial charge in [-0.3, -0.25) is 0 Å². The third-order valence-corrected chi connectivity index (χ3v) is 8.04. The normalized spacial score (nSPS) is 24.0. The van der Waals surface area contributed by atoms with Crippen molar-refractivity contribution in [1.82, 2.24) is 5.32 Å². The van der Waals surface area contributed by atoms with Crippen LogP contribution in [0.5, 0.6) is 5.75 Å². The van der Waals surface area contributed by atoms with Crippen LogP contribution < -0.4 is 10.1 Å². The first kappa shape index (κ1) is 18.2. The van der Waals surface area contributed by atoms with Gasteiger partial charge in [0.2, 0.25) is 0 Å². The van der Waals surface area contributed by atoms with Crippen molar-refractivity contribution in [2.75, 3.05) is 25.2 Å². The molecule has 2 rings (SSSR count). The van der Waals surface area contributed by atoms with Crippen molar-refractivity contribution in [2.24, 2.45) is 5.92 Å². The predicted octanol–water partition coefficient (Wildman–Crippen LogP) is 0.880. The maximum atomic E-state index is 12.8. The SMILES string of the molecule is COc1ccc(S(=O)(=O)C2CS(=O)(=O)CC2NCC(C)C)cc1. The lowest BCUT2D eigenvalue weighted by atomic mass is 10.2. The van der Waals surface area contributed by atoms with Gasteiger partial charge in [-0.25, -0.2) is 16.8 Å². The molecule has 0 bridgehead atoms. The van der Waals surface area contributed by atoms with Crippen LogP contribution in [0.1, 0.15) is 13.8 Å². The van der Waals surface area contributed by atoms with Crippen LogP contribution in [0.2, 0.25) is 0 Å². The Kier molecular flexibility index (Phi) is 5.37. The molecule has 1 fully saturated rings. The molecule has 1 aliphatic rings. The Labute approximate surface area is 138 Å². The van der Waals surface area contributed by atoms with Gasteiger partial charge in [0.1, 0.15) is 5.75 Å². The van der Waals surface area contributed by atoms with Crippen LogP contribution in [0.3, 0.4) is 0 Å². The van der Waals surface area contributed by atoms with Gasteiger partial charge in [0, 0.05) is 6.04 Å². The summed E-state index contributed by atoms with van der Waals surface area (Å²) >= 11 is 0. The van der Waals surface area contributed by atoms with Gasteiger partial charge in [-0.15, -0.1) is 0 Å². The summed E-state index contributed by atoms with van der Waals surface area (Å²) in [5, 5.41) is 2.14. The van der Waals surface area contributed by atoms with E-state index in [9.17, 15) is 16.8 Å². The Morgan fingerprint density at radius 2 is 1.83 bits per heavy atom. The van der Waals surface area contributed by atoms with Crippen LogP contribution in [-0.2, 0) is 19.7 Å². The molecular formula is C15H23NO5S2. The lowest BCUT2D eigenvalue weighted by Crippen LogP contribution is -2.44. The van der Waals surface area contributed by atoms with Gasteiger partial charge < -0.3 is 10.1 Å². The zero-order chi connectivity index (χ0) is 17.3. The highest BCUT2D eigenvalue weighted by Crippen LogP contribution is 2.27. The molecule has 0 aromatic heterocycles. The summed E-state index contributed by atoms with van der Waals surface area (Å²) in [5.41, 5.74) is 0. The summed E-state index contributed by atoms with van der Waals surface area (Å²) in [6.07, 6.45) is 0. The molecule has 2 unspecified atom stereocenters. The number of benzene rings is 1. The topological polar surface area (TPSA) is 89.5 Å². The van der Waals surface area contributed by atoms with Crippen molar-refractivity contribution in [3.63, 3.8) is 0 Å². The molecule has 6 nitrogen and oxygen atoms in total. The van der Waals surface area contributed by atoms with E-state index in [0.717, 1.165) is 0 Å². The Bertz CT molecular complexity index is 739. The Morgan fingerprint density at radius 1 is 1.22 bits per heavy atom. The van der Waals surface area contributed by atoms with Crippen molar-refractivity contribution >= 4 is 19.7 Å². The van der Waals surface area contributed by atoms with E-state index in [0.29, 0.717) is 18.2 Å². The van der Waals surface area contributed by atoms with Gasteiger partial charge in [0.05, 0.1) is 28.8 Å². The highest BCUT2D eigenvalue weighted by molar-refractivity contribution is 7.96. The zero-order valence-electron chi connectivity index (χ0n) is 13.5. The van der Waals surface area contributed by atoms with E-state index in [1.807, 2.05) is 13.8 Å². The Hall–Kier alpha value is -1.12. The molecule has 130 valence electrons. The van der Waals surface area contributed by atoms with E-state index in [2.05, 4.69) is 5.32 Å². The third-order valence-electron chi connectivity index (χ3n) is 3.88. The first-order valence-corrected chi connectivity index (χ1v) is 10.8. The molecule has 23 heavy (non-hydrogen) atoms. The summed E-state index contributed by atoms with van der Waals surface area (Å²) in [7, 11) is -5.59. The quantitative estimate of drug-likeness (QED) is 0.809. The smallest absolute Gasteiger partial charge is 0.183 e. The molecular weight excluding hydrogens is 338 g/mol. The fourth-order valence-electron chi connectivity index (χ4n) is 2.64. The van der Waals surface area contributed by atoms with Crippen LogP contribution in [0.25, 0.3) is 0 Å². The van der Waals surface area contributed by atoms with Gasteiger partial charge in [-0.05, 0) is 36.7 Å². The molecule has 0 aliphatic carbocycles. The highest BCUT2D eigenvalue weighted by Gasteiger charge is 2.45. The fraction of sp³-hybridized carbons (Fsp3) is 0.600. The van der Waals surface area contributed by atoms with Gasteiger partial charge in [0.15, 0.2) is 19.7 Å². The molecule has 0 saturated carbocycles. The van der Waals surface area contributed by atoms with Gasteiger partial charge in [-0.1, -0.05) is 13.8 Å². The number of hydrogen-bond donors (Lipinski definition) is 1. The van der Waals surface area contributed by atoms with E-state index in [1.165, 1.54) is 19.2 Å². The average molecular weight is 361 g/mol. The van der Waals surface area contributed by atoms with Crippen LogP contribution in [-0.4, -0.2) is 53.3 Å². The third kappa shape index (κ3) is 4.24. The molecule has 1 aromatic carbocycles. The van der Waals surface area contributed by atoms with Crippen molar-refractivity contribution in [3.05, 3.63) is 24.3 Å². The highest BCUT2D eigenvalue weighted by atomic mass is 32.2. The summed E-state index contributed by atoms with van der Waals surface area (Å²) < 4.78 is 54.6. The molecule has 1 N–H and O–H groups in total. The van der Waals surface area contributed by atoms with Gasteiger partial charge >= 0.3 is 0 Å². The summed E-state index contributed by atoms with van der Waals surface area (Å²) in [5.74, 6) is 0.386. The maximum Gasteiger partial charge on any atom is 0.183 e. The second-order valence-corrected chi connectivity index (χ2v) is 10.6. The second kappa shape index (κ2) is 6.78. The molecule has 1 saturated heterocycles. The van der Waals surface area contributed by atoms with Crippen LogP contribution in [0, 0.1) is 5.92 Å². The molecule has 1 aromatic rings. The lowest BCUT2D eigenvalue weighted by Gasteiger charge is -2.21. The standard InChI is InChI=1S/C15H23NO5S2/c1-11(2)8-16-14-9-22(17,18)10-15(14)23(19,20)13-6-4-12(21-3)5-7-13/h4-7,11,14-16H,8-10H2,1-3H3. The van der Waals surface area contributed by atoms with E-state index in [4.69, 9.17) is 4.74 Å². The van der Waals surface area contributed by atoms with E-state index >= 15 is 0 Å². The number of methoxy groups -OCH3 is 1. The number of hydrogen-bond acceptors (Lipinski definition) is 6. The summed E-state index contributed by atoms with van der Waals surface area (Å²) in [6, 6.07) is 5.46. The Balaban J connectivity index is 2.30. The van der Waals surface area contributed by atoms with Gasteiger partial charge in [0.25, 0.3) is 0 Å². The molecule has 1 heterocycles. The number of nitrogens with one attached hydrogen (secondary N) is 1. The van der Waals surface area contributed by atoms with Crippen molar-refractivity contribution < 1.29 is 21.6 Å². The molecule has 0 spiro atoms. The Morgan fingerprint density at radius 3 is 2.35 bits per heavy atom. The van der Waals surface area contributed by atoms with Crippen LogP contribution in [0.15, 0.2) is 29.2 Å². The van der Waals surface area contributed by atoms with Crippen molar-refractivity contribution in [3.8, 4) is 5.75 Å². The molecule has 1 aliphatic heterocycles. The van der Waals surface area contributed by atoms with E-state index < -0.39 is 31.0 Å². The molecule has 0 amide bonds. The second-order valence-electron chi connectivity index (χ2n) is 6.24. The largest absolute Gasteiger partial charge is 0.497 e. The maximum absolute atomic E-state index is 12.8. The monoisotopic (exact) mass is 361 g/mol. The van der Waals surface area contributed by atoms with Crippen LogP contribution >= 0.6 is 0 Å². The zero-order valence-corrected chi connectivity index (χ0v) is 15.2. The summed E-state index contributed by atoms with van der Waals surface area (Å²) in [6.45, 7) is 4.56. The fourth-order valence-corrected chi connectivity index (χ4v) is 7.36. The minimum atomic E-state index is -3.73. The molecule has 2 atom stereocenters. The minimum Gasteiger partial charge on any atom is -0.497 e. The first-order valence-electron chi connectivity index (χ1n) is 7.47. The first-order chi connectivity index (χ1) is 10.7. The minimum absolute atomic E-state index is 0.122. The van der Waals surface area contributed by atoms with Crippen molar-refractivity contribution in [1.29, 1.82) is 0 Å². The van der Waals surface area contributed by atoms with Crippen molar-refractivity contribution in [2.45, 2.75) is 30.0 Å². The van der Waals surface area contributed by atoms with Crippen LogP contribution in [0.4, 0.5) is 0 Å². The van der Waals surface area contributed by atoms with E-state index in [-0.39, 0.29) is 16.4 Å². The number of sulfone groups is 2. The van der Waals surface area contributed by atoms with Gasteiger partial charge in [-0.2, -0.15) is 0 Å². The molecule has 0 radical (unpaired) electrons. The lowest BCUT2D eigenvalue weighted by molar-refractivity contribution is 0.414. The number of ether oxygens (including phenoxy) is 1. The predicted molar refractivity (Wildman–Crippen MR) is 89.3 cm³/mol. The van der Waals surface area contributed by atoms with E-state index in [1.54, 1.807) is 12.1 Å². The summed E-state index contributed by atoms with van der Waals surface area (Å²) in [4.78, 5) is 0.122.